The third kappa shape index (κ3) is 4.23. The van der Waals surface area contributed by atoms with E-state index >= 15 is 0 Å². The fourth-order valence-electron chi connectivity index (χ4n) is 2.87. The maximum absolute atomic E-state index is 13.2. The van der Waals surface area contributed by atoms with Crippen molar-refractivity contribution in [3.63, 3.8) is 0 Å². The lowest BCUT2D eigenvalue weighted by Gasteiger charge is -2.15. The molecule has 0 aromatic heterocycles. The Morgan fingerprint density at radius 2 is 1.04 bits per heavy atom. The van der Waals surface area contributed by atoms with E-state index in [2.05, 4.69) is 27.7 Å². The first-order valence-corrected chi connectivity index (χ1v) is 9.71. The molecule has 0 bridgehead atoms. The minimum Gasteiger partial charge on any atom is -0.218 e. The topological polar surface area (TPSA) is 34.1 Å². The summed E-state index contributed by atoms with van der Waals surface area (Å²) in [6.45, 7) is 8.43. The normalized spacial score (nSPS) is 12.1. The van der Waals surface area contributed by atoms with Crippen LogP contribution in [-0.2, 0) is 22.7 Å². The molecule has 0 atom stereocenters. The monoisotopic (exact) mass is 330 g/mol. The van der Waals surface area contributed by atoms with Crippen molar-refractivity contribution in [2.45, 2.75) is 50.3 Å². The van der Waals surface area contributed by atoms with Crippen molar-refractivity contribution in [3.8, 4) is 0 Å². The van der Waals surface area contributed by atoms with Crippen LogP contribution in [0.1, 0.15) is 38.8 Å². The first-order chi connectivity index (χ1) is 10.8. The van der Waals surface area contributed by atoms with Gasteiger partial charge in [0.1, 0.15) is 0 Å². The molecular weight excluding hydrogens is 304 g/mol. The van der Waals surface area contributed by atoms with Gasteiger partial charge in [-0.3, -0.25) is 0 Å². The van der Waals surface area contributed by atoms with Gasteiger partial charge in [0.15, 0.2) is 0 Å². The van der Waals surface area contributed by atoms with Gasteiger partial charge >= 0.3 is 0 Å². The lowest BCUT2D eigenvalue weighted by molar-refractivity contribution is 0.586. The van der Waals surface area contributed by atoms with Gasteiger partial charge in [-0.15, -0.1) is 0 Å². The van der Waals surface area contributed by atoms with Gasteiger partial charge in [0.05, 0.1) is 9.79 Å². The maximum Gasteiger partial charge on any atom is 0.207 e. The van der Waals surface area contributed by atoms with Crippen LogP contribution in [0, 0.1) is 11.8 Å². The van der Waals surface area contributed by atoms with E-state index in [9.17, 15) is 8.42 Å². The quantitative estimate of drug-likeness (QED) is 0.753. The Morgan fingerprint density at radius 3 is 1.39 bits per heavy atom. The molecule has 0 spiro atoms. The van der Waals surface area contributed by atoms with Crippen LogP contribution in [0.2, 0.25) is 0 Å². The maximum atomic E-state index is 13.2. The molecule has 0 heterocycles. The molecule has 2 rings (SSSR count). The van der Waals surface area contributed by atoms with Crippen LogP contribution in [0.4, 0.5) is 0 Å². The van der Waals surface area contributed by atoms with Crippen molar-refractivity contribution in [3.05, 3.63) is 59.7 Å². The van der Waals surface area contributed by atoms with Crippen LogP contribution < -0.4 is 0 Å². The molecule has 2 nitrogen and oxygen atoms in total. The van der Waals surface area contributed by atoms with Gasteiger partial charge in [-0.2, -0.15) is 0 Å². The first-order valence-electron chi connectivity index (χ1n) is 8.23. The molecule has 0 fully saturated rings. The first kappa shape index (κ1) is 17.7. The van der Waals surface area contributed by atoms with Gasteiger partial charge in [-0.05, 0) is 47.9 Å². The summed E-state index contributed by atoms with van der Waals surface area (Å²) in [4.78, 5) is 0.898. The molecule has 0 saturated carbocycles. The average Bonchev–Trinajstić information content (AvgIpc) is 2.46. The van der Waals surface area contributed by atoms with E-state index in [0.717, 1.165) is 24.0 Å². The van der Waals surface area contributed by atoms with E-state index in [-0.39, 0.29) is 0 Å². The Hall–Kier alpha value is -1.61. The molecule has 0 N–H and O–H groups in total. The van der Waals surface area contributed by atoms with Gasteiger partial charge in [0.25, 0.3) is 0 Å². The van der Waals surface area contributed by atoms with Crippen molar-refractivity contribution >= 4 is 9.84 Å². The molecule has 3 heteroatoms. The third-order valence-electron chi connectivity index (χ3n) is 3.78. The highest BCUT2D eigenvalue weighted by molar-refractivity contribution is 7.91. The molecule has 0 radical (unpaired) electrons. The van der Waals surface area contributed by atoms with Crippen LogP contribution >= 0.6 is 0 Å². The van der Waals surface area contributed by atoms with Gasteiger partial charge in [0, 0.05) is 0 Å². The second kappa shape index (κ2) is 7.31. The molecule has 2 aromatic rings. The number of hydrogen-bond donors (Lipinski definition) is 0. The molecular formula is C20H26O2S. The molecule has 0 unspecified atom stereocenters. The zero-order valence-electron chi connectivity index (χ0n) is 14.4. The standard InChI is InChI=1S/C20H26O2S/c1-15(2)13-17-9-5-7-11-19(17)23(21,22)20-12-8-6-10-18(20)14-16(3)4/h5-12,15-16H,13-14H2,1-4H3. The van der Waals surface area contributed by atoms with Crippen LogP contribution in [0.3, 0.4) is 0 Å². The van der Waals surface area contributed by atoms with Crippen molar-refractivity contribution in [1.82, 2.24) is 0 Å². The van der Waals surface area contributed by atoms with Gasteiger partial charge in [-0.25, -0.2) is 8.42 Å². The fraction of sp³-hybridized carbons (Fsp3) is 0.400. The Balaban J connectivity index is 2.56. The van der Waals surface area contributed by atoms with Crippen LogP contribution in [-0.4, -0.2) is 8.42 Å². The Kier molecular flexibility index (Phi) is 5.64. The molecule has 124 valence electrons. The summed E-state index contributed by atoms with van der Waals surface area (Å²) < 4.78 is 26.5. The van der Waals surface area contributed by atoms with Crippen molar-refractivity contribution in [2.75, 3.05) is 0 Å². The second-order valence-corrected chi connectivity index (χ2v) is 8.80. The second-order valence-electron chi connectivity index (χ2n) is 6.91. The van der Waals surface area contributed by atoms with Crippen LogP contribution in [0.25, 0.3) is 0 Å². The number of hydrogen-bond acceptors (Lipinski definition) is 2. The minimum atomic E-state index is -3.49. The molecule has 0 aliphatic heterocycles. The largest absolute Gasteiger partial charge is 0.218 e. The zero-order chi connectivity index (χ0) is 17.0. The van der Waals surface area contributed by atoms with E-state index in [4.69, 9.17) is 0 Å². The number of sulfone groups is 1. The lowest BCUT2D eigenvalue weighted by Crippen LogP contribution is -2.10. The summed E-state index contributed by atoms with van der Waals surface area (Å²) in [7, 11) is -3.49. The summed E-state index contributed by atoms with van der Waals surface area (Å²) >= 11 is 0. The SMILES string of the molecule is CC(C)Cc1ccccc1S(=O)(=O)c1ccccc1CC(C)C. The predicted molar refractivity (Wildman–Crippen MR) is 95.4 cm³/mol. The molecule has 0 saturated heterocycles. The molecule has 23 heavy (non-hydrogen) atoms. The van der Waals surface area contributed by atoms with Gasteiger partial charge < -0.3 is 0 Å². The fourth-order valence-corrected chi connectivity index (χ4v) is 4.61. The molecule has 0 amide bonds. The molecule has 2 aromatic carbocycles. The summed E-state index contributed by atoms with van der Waals surface area (Å²) in [5.41, 5.74) is 1.81. The van der Waals surface area contributed by atoms with E-state index < -0.39 is 9.84 Å². The van der Waals surface area contributed by atoms with E-state index in [1.54, 1.807) is 12.1 Å². The van der Waals surface area contributed by atoms with E-state index in [0.29, 0.717) is 21.6 Å². The lowest BCUT2D eigenvalue weighted by atomic mass is 10.0. The smallest absolute Gasteiger partial charge is 0.207 e. The summed E-state index contributed by atoms with van der Waals surface area (Å²) in [6.07, 6.45) is 1.53. The highest BCUT2D eigenvalue weighted by Gasteiger charge is 2.24. The summed E-state index contributed by atoms with van der Waals surface area (Å²) in [5.74, 6) is 0.828. The highest BCUT2D eigenvalue weighted by atomic mass is 32.2. The molecule has 0 aliphatic rings. The van der Waals surface area contributed by atoms with E-state index in [1.165, 1.54) is 0 Å². The van der Waals surface area contributed by atoms with Crippen LogP contribution in [0.15, 0.2) is 58.3 Å². The van der Waals surface area contributed by atoms with E-state index in [1.807, 2.05) is 36.4 Å². The van der Waals surface area contributed by atoms with Crippen molar-refractivity contribution in [1.29, 1.82) is 0 Å². The van der Waals surface area contributed by atoms with Gasteiger partial charge in [0.2, 0.25) is 9.84 Å². The number of rotatable bonds is 6. The van der Waals surface area contributed by atoms with Crippen molar-refractivity contribution in [2.24, 2.45) is 11.8 Å². The number of benzene rings is 2. The zero-order valence-corrected chi connectivity index (χ0v) is 15.2. The average molecular weight is 330 g/mol. The van der Waals surface area contributed by atoms with Crippen molar-refractivity contribution < 1.29 is 8.42 Å². The molecule has 0 aliphatic carbocycles. The summed E-state index contributed by atoms with van der Waals surface area (Å²) in [5, 5.41) is 0. The summed E-state index contributed by atoms with van der Waals surface area (Å²) in [6, 6.07) is 14.8. The third-order valence-corrected chi connectivity index (χ3v) is 5.74. The Labute approximate surface area is 140 Å². The van der Waals surface area contributed by atoms with Crippen LogP contribution in [0.5, 0.6) is 0 Å². The Bertz CT molecular complexity index is 699. The van der Waals surface area contributed by atoms with Gasteiger partial charge in [-0.1, -0.05) is 64.1 Å². The minimum absolute atomic E-state index is 0.414. The Morgan fingerprint density at radius 1 is 0.696 bits per heavy atom. The highest BCUT2D eigenvalue weighted by Crippen LogP contribution is 2.29. The predicted octanol–water partition coefficient (Wildman–Crippen LogP) is 4.92.